The molecular formula is C25H30N5O2-. The smallest absolute Gasteiger partial charge is 0.0895 e. The van der Waals surface area contributed by atoms with Gasteiger partial charge in [-0.15, -0.1) is 0 Å². The Labute approximate surface area is 189 Å². The highest BCUT2D eigenvalue weighted by Crippen LogP contribution is 2.35. The topological polar surface area (TPSA) is 79.6 Å². The highest BCUT2D eigenvalue weighted by Gasteiger charge is 2.26. The van der Waals surface area contributed by atoms with Crippen molar-refractivity contribution >= 4 is 11.4 Å². The molecule has 7 nitrogen and oxygen atoms in total. The van der Waals surface area contributed by atoms with Gasteiger partial charge in [0.25, 0.3) is 0 Å². The van der Waals surface area contributed by atoms with E-state index in [0.717, 1.165) is 24.4 Å². The Balaban J connectivity index is 1.46. The van der Waals surface area contributed by atoms with Crippen LogP contribution in [0.4, 0.5) is 11.4 Å². The summed E-state index contributed by atoms with van der Waals surface area (Å²) >= 11 is 0. The lowest BCUT2D eigenvalue weighted by Gasteiger charge is -2.24. The summed E-state index contributed by atoms with van der Waals surface area (Å²) in [7, 11) is 4.09. The minimum Gasteiger partial charge on any atom is -0.733 e. The normalized spacial score (nSPS) is 17.7. The van der Waals surface area contributed by atoms with Crippen LogP contribution in [0.25, 0.3) is 5.69 Å². The van der Waals surface area contributed by atoms with Crippen molar-refractivity contribution in [2.75, 3.05) is 24.2 Å². The molecule has 2 N–H and O–H groups in total. The van der Waals surface area contributed by atoms with Crippen molar-refractivity contribution in [3.05, 3.63) is 88.4 Å². The Morgan fingerprint density at radius 1 is 1.09 bits per heavy atom. The summed E-state index contributed by atoms with van der Waals surface area (Å²) in [6.07, 6.45) is 5.43. The molecule has 0 fully saturated rings. The number of anilines is 2. The highest BCUT2D eigenvalue weighted by atomic mass is 16.8. The monoisotopic (exact) mass is 432 g/mol. The molecule has 1 aromatic heterocycles. The van der Waals surface area contributed by atoms with Gasteiger partial charge in [0.05, 0.1) is 17.1 Å². The van der Waals surface area contributed by atoms with Crippen LogP contribution in [0.1, 0.15) is 34.9 Å². The van der Waals surface area contributed by atoms with E-state index in [9.17, 15) is 10.4 Å². The number of aryl methyl sites for hydroxylation is 1. The summed E-state index contributed by atoms with van der Waals surface area (Å²) in [5, 5.41) is 29.3. The zero-order valence-corrected chi connectivity index (χ0v) is 19.0. The van der Waals surface area contributed by atoms with E-state index in [1.807, 2.05) is 34.0 Å². The molecule has 0 amide bonds. The van der Waals surface area contributed by atoms with Crippen molar-refractivity contribution in [1.29, 1.82) is 0 Å². The van der Waals surface area contributed by atoms with Gasteiger partial charge in [-0.1, -0.05) is 36.4 Å². The molecule has 0 saturated carbocycles. The molecule has 32 heavy (non-hydrogen) atoms. The Bertz CT molecular complexity index is 1100. The van der Waals surface area contributed by atoms with Gasteiger partial charge in [0.2, 0.25) is 0 Å². The van der Waals surface area contributed by atoms with Gasteiger partial charge in [-0.2, -0.15) is 5.10 Å². The van der Waals surface area contributed by atoms with E-state index in [4.69, 9.17) is 5.10 Å². The maximum Gasteiger partial charge on any atom is 0.0895 e. The van der Waals surface area contributed by atoms with Crippen LogP contribution in [0.15, 0.2) is 60.7 Å². The molecule has 2 aromatic carbocycles. The number of allylic oxidation sites excluding steroid dienone is 1. The summed E-state index contributed by atoms with van der Waals surface area (Å²) in [6.45, 7) is 4.83. The summed E-state index contributed by atoms with van der Waals surface area (Å²) in [4.78, 5) is 2.10. The van der Waals surface area contributed by atoms with Crippen molar-refractivity contribution in [2.24, 2.45) is 0 Å². The molecule has 1 aliphatic carbocycles. The van der Waals surface area contributed by atoms with Gasteiger partial charge in [-0.25, -0.2) is 4.68 Å². The van der Waals surface area contributed by atoms with E-state index in [2.05, 4.69) is 46.6 Å². The van der Waals surface area contributed by atoms with Crippen molar-refractivity contribution in [1.82, 2.24) is 15.1 Å². The number of nitrogens with zero attached hydrogens (tertiary/aromatic N) is 4. The molecule has 0 radical (unpaired) electrons. The van der Waals surface area contributed by atoms with E-state index in [1.54, 1.807) is 22.9 Å². The lowest BCUT2D eigenvalue weighted by atomic mass is 9.96. The van der Waals surface area contributed by atoms with Gasteiger partial charge in [-0.05, 0) is 50.1 Å². The van der Waals surface area contributed by atoms with Crippen LogP contribution >= 0.6 is 0 Å². The fourth-order valence-electron chi connectivity index (χ4n) is 4.46. The number of hydrogen-bond acceptors (Lipinski definition) is 6. The second-order valence-corrected chi connectivity index (χ2v) is 8.53. The molecule has 0 bridgehead atoms. The van der Waals surface area contributed by atoms with Gasteiger partial charge in [0.15, 0.2) is 0 Å². The SMILES string of the molecule is Cc1nn(-c2ccccc2N([O-])O)c(C)c1[C@H]1C=C[C@@H](NCc2ccc(N(C)C)cc2)C1. The van der Waals surface area contributed by atoms with Gasteiger partial charge >= 0.3 is 0 Å². The Morgan fingerprint density at radius 3 is 2.50 bits per heavy atom. The molecule has 4 rings (SSSR count). The molecule has 1 aliphatic rings. The predicted octanol–water partition coefficient (Wildman–Crippen LogP) is 4.45. The van der Waals surface area contributed by atoms with E-state index in [-0.39, 0.29) is 22.9 Å². The third-order valence-electron chi connectivity index (χ3n) is 6.14. The predicted molar refractivity (Wildman–Crippen MR) is 129 cm³/mol. The van der Waals surface area contributed by atoms with Crippen LogP contribution < -0.4 is 15.4 Å². The number of rotatable bonds is 7. The molecule has 7 heteroatoms. The van der Waals surface area contributed by atoms with Crippen LogP contribution in [-0.4, -0.2) is 35.1 Å². The Hall–Kier alpha value is -3.13. The Kier molecular flexibility index (Phi) is 6.32. The van der Waals surface area contributed by atoms with Crippen LogP contribution in [0.2, 0.25) is 0 Å². The summed E-state index contributed by atoms with van der Waals surface area (Å²) in [5.41, 5.74) is 6.27. The highest BCUT2D eigenvalue weighted by molar-refractivity contribution is 5.62. The summed E-state index contributed by atoms with van der Waals surface area (Å²) in [6, 6.07) is 15.8. The molecular weight excluding hydrogens is 402 g/mol. The summed E-state index contributed by atoms with van der Waals surface area (Å²) in [5.74, 6) is 0.252. The first-order chi connectivity index (χ1) is 15.3. The van der Waals surface area contributed by atoms with Crippen molar-refractivity contribution in [3.63, 3.8) is 0 Å². The fourth-order valence-corrected chi connectivity index (χ4v) is 4.46. The lowest BCUT2D eigenvalue weighted by Crippen LogP contribution is -2.25. The number of para-hydroxylation sites is 2. The maximum absolute atomic E-state index is 11.6. The standard InChI is InChI=1S/C25H30N5O2/c1-17-25(18(2)29(27-17)23-7-5-6-8-24(23)30(31)32)20-11-12-21(15-20)26-16-19-9-13-22(14-10-19)28(3)4/h5-14,20-21,26,31H,15-16H2,1-4H3/q-1/t20-,21+/m0/s1. The number of nitrogens with one attached hydrogen (secondary N) is 1. The second-order valence-electron chi connectivity index (χ2n) is 8.53. The first-order valence-corrected chi connectivity index (χ1v) is 10.8. The number of aromatic nitrogens is 2. The van der Waals surface area contributed by atoms with E-state index >= 15 is 0 Å². The third kappa shape index (κ3) is 4.41. The van der Waals surface area contributed by atoms with Crippen LogP contribution in [0.5, 0.6) is 0 Å². The van der Waals surface area contributed by atoms with Gasteiger partial charge in [0.1, 0.15) is 0 Å². The average molecular weight is 433 g/mol. The lowest BCUT2D eigenvalue weighted by molar-refractivity contribution is 0.296. The third-order valence-corrected chi connectivity index (χ3v) is 6.14. The number of benzene rings is 2. The zero-order valence-electron chi connectivity index (χ0n) is 19.0. The quantitative estimate of drug-likeness (QED) is 0.424. The molecule has 0 aliphatic heterocycles. The molecule has 168 valence electrons. The average Bonchev–Trinajstić information content (AvgIpc) is 3.35. The van der Waals surface area contributed by atoms with Crippen molar-refractivity contribution < 1.29 is 5.21 Å². The largest absolute Gasteiger partial charge is 0.733 e. The second kappa shape index (κ2) is 9.16. The minimum absolute atomic E-state index is 0.105. The first kappa shape index (κ1) is 22.1. The van der Waals surface area contributed by atoms with Crippen molar-refractivity contribution in [3.8, 4) is 5.69 Å². The Morgan fingerprint density at radius 2 is 1.81 bits per heavy atom. The van der Waals surface area contributed by atoms with E-state index in [0.29, 0.717) is 5.69 Å². The van der Waals surface area contributed by atoms with E-state index in [1.165, 1.54) is 16.8 Å². The van der Waals surface area contributed by atoms with Crippen LogP contribution in [0, 0.1) is 19.1 Å². The maximum atomic E-state index is 11.6. The van der Waals surface area contributed by atoms with E-state index < -0.39 is 0 Å². The zero-order chi connectivity index (χ0) is 22.8. The molecule has 1 heterocycles. The first-order valence-electron chi connectivity index (χ1n) is 10.8. The summed E-state index contributed by atoms with van der Waals surface area (Å²) < 4.78 is 1.75. The van der Waals surface area contributed by atoms with Crippen LogP contribution in [-0.2, 0) is 6.54 Å². The van der Waals surface area contributed by atoms with Crippen molar-refractivity contribution in [2.45, 2.75) is 38.8 Å². The number of hydrogen-bond donors (Lipinski definition) is 2. The molecule has 3 aromatic rings. The van der Waals surface area contributed by atoms with Gasteiger partial charge in [0, 0.05) is 49.5 Å². The fraction of sp³-hybridized carbons (Fsp3) is 0.320. The minimum atomic E-state index is -0.105. The molecule has 0 spiro atoms. The van der Waals surface area contributed by atoms with Gasteiger partial charge < -0.3 is 20.7 Å². The van der Waals surface area contributed by atoms with Crippen LogP contribution in [0.3, 0.4) is 0 Å². The molecule has 0 unspecified atom stereocenters. The molecule has 0 saturated heterocycles. The molecule has 2 atom stereocenters. The van der Waals surface area contributed by atoms with Gasteiger partial charge in [-0.3, -0.25) is 5.21 Å².